The average Bonchev–Trinajstić information content (AvgIpc) is 2.69. The molecule has 1 aromatic rings. The van der Waals surface area contributed by atoms with Gasteiger partial charge in [0.25, 0.3) is 0 Å². The molecule has 1 nitrogen and oxygen atoms in total. The van der Waals surface area contributed by atoms with Crippen molar-refractivity contribution < 1.29 is 0 Å². The smallest absolute Gasteiger partial charge is 0.0101 e. The summed E-state index contributed by atoms with van der Waals surface area (Å²) in [6, 6.07) is 8.89. The Hall–Kier alpha value is -1.26. The lowest BCUT2D eigenvalue weighted by Gasteiger charge is -2.17. The summed E-state index contributed by atoms with van der Waals surface area (Å²) in [4.78, 5) is 0. The van der Waals surface area contributed by atoms with Gasteiger partial charge < -0.3 is 5.73 Å². The SMILES string of the molecule is C#CCCC(N)C1Cc2ccccc2C1. The third-order valence-electron chi connectivity index (χ3n) is 3.31. The molecule has 0 radical (unpaired) electrons. The number of hydrogen-bond acceptors (Lipinski definition) is 1. The van der Waals surface area contributed by atoms with Gasteiger partial charge in [-0.05, 0) is 36.3 Å². The predicted molar refractivity (Wildman–Crippen MR) is 63.4 cm³/mol. The Morgan fingerprint density at radius 1 is 1.33 bits per heavy atom. The van der Waals surface area contributed by atoms with Crippen LogP contribution in [0.4, 0.5) is 0 Å². The minimum atomic E-state index is 0.258. The minimum absolute atomic E-state index is 0.258. The molecule has 2 N–H and O–H groups in total. The topological polar surface area (TPSA) is 26.0 Å². The lowest BCUT2D eigenvalue weighted by molar-refractivity contribution is 0.421. The molecule has 0 aromatic heterocycles. The van der Waals surface area contributed by atoms with Gasteiger partial charge in [-0.1, -0.05) is 24.3 Å². The zero-order valence-electron chi connectivity index (χ0n) is 8.95. The van der Waals surface area contributed by atoms with Gasteiger partial charge in [-0.15, -0.1) is 12.3 Å². The Kier molecular flexibility index (Phi) is 3.08. The molecule has 0 heterocycles. The van der Waals surface area contributed by atoms with Crippen molar-refractivity contribution in [3.63, 3.8) is 0 Å². The lowest BCUT2D eigenvalue weighted by Crippen LogP contribution is -2.30. The van der Waals surface area contributed by atoms with E-state index < -0.39 is 0 Å². The fourth-order valence-electron chi connectivity index (χ4n) is 2.38. The molecule has 0 spiro atoms. The molecule has 1 aromatic carbocycles. The Bertz CT molecular complexity index is 350. The van der Waals surface area contributed by atoms with Crippen LogP contribution in [0.15, 0.2) is 24.3 Å². The van der Waals surface area contributed by atoms with E-state index in [0.29, 0.717) is 5.92 Å². The summed E-state index contributed by atoms with van der Waals surface area (Å²) >= 11 is 0. The summed E-state index contributed by atoms with van der Waals surface area (Å²) in [7, 11) is 0. The van der Waals surface area contributed by atoms with E-state index >= 15 is 0 Å². The van der Waals surface area contributed by atoms with Crippen LogP contribution in [0.3, 0.4) is 0 Å². The second-order valence-electron chi connectivity index (χ2n) is 4.34. The summed E-state index contributed by atoms with van der Waals surface area (Å²) in [5.74, 6) is 3.26. The number of rotatable bonds is 3. The number of hydrogen-bond donors (Lipinski definition) is 1. The van der Waals surface area contributed by atoms with E-state index in [9.17, 15) is 0 Å². The molecule has 2 rings (SSSR count). The van der Waals surface area contributed by atoms with E-state index in [2.05, 4.69) is 30.2 Å². The molecule has 78 valence electrons. The van der Waals surface area contributed by atoms with Gasteiger partial charge in [0.1, 0.15) is 0 Å². The van der Waals surface area contributed by atoms with Crippen LogP contribution < -0.4 is 5.73 Å². The molecule has 1 heteroatoms. The number of fused-ring (bicyclic) bond motifs is 1. The average molecular weight is 199 g/mol. The first kappa shape index (κ1) is 10.3. The molecule has 1 aliphatic rings. The van der Waals surface area contributed by atoms with Crippen molar-refractivity contribution in [1.82, 2.24) is 0 Å². The van der Waals surface area contributed by atoms with E-state index in [-0.39, 0.29) is 6.04 Å². The summed E-state index contributed by atoms with van der Waals surface area (Å²) in [5.41, 5.74) is 9.09. The highest BCUT2D eigenvalue weighted by molar-refractivity contribution is 5.32. The van der Waals surface area contributed by atoms with Crippen LogP contribution in [0.25, 0.3) is 0 Å². The van der Waals surface area contributed by atoms with Crippen LogP contribution in [0.2, 0.25) is 0 Å². The van der Waals surface area contributed by atoms with Crippen molar-refractivity contribution in [3.05, 3.63) is 35.4 Å². The summed E-state index contributed by atoms with van der Waals surface area (Å²) in [5, 5.41) is 0. The molecular formula is C14H17N. The minimum Gasteiger partial charge on any atom is -0.327 e. The quantitative estimate of drug-likeness (QED) is 0.742. The van der Waals surface area contributed by atoms with E-state index in [1.54, 1.807) is 0 Å². The Morgan fingerprint density at radius 3 is 2.47 bits per heavy atom. The largest absolute Gasteiger partial charge is 0.327 e. The molecule has 0 saturated carbocycles. The van der Waals surface area contributed by atoms with E-state index in [1.165, 1.54) is 11.1 Å². The third kappa shape index (κ3) is 2.22. The molecule has 1 aliphatic carbocycles. The maximum Gasteiger partial charge on any atom is 0.0101 e. The van der Waals surface area contributed by atoms with Gasteiger partial charge in [0.05, 0.1) is 0 Å². The maximum absolute atomic E-state index is 6.15. The first-order valence-electron chi connectivity index (χ1n) is 5.57. The van der Waals surface area contributed by atoms with Gasteiger partial charge in [-0.3, -0.25) is 0 Å². The highest BCUT2D eigenvalue weighted by Crippen LogP contribution is 2.29. The van der Waals surface area contributed by atoms with Gasteiger partial charge in [0, 0.05) is 12.5 Å². The fourth-order valence-corrected chi connectivity index (χ4v) is 2.38. The van der Waals surface area contributed by atoms with Crippen LogP contribution >= 0.6 is 0 Å². The van der Waals surface area contributed by atoms with Crippen LogP contribution in [-0.2, 0) is 12.8 Å². The van der Waals surface area contributed by atoms with Crippen molar-refractivity contribution in [3.8, 4) is 12.3 Å². The van der Waals surface area contributed by atoms with E-state index in [4.69, 9.17) is 12.2 Å². The van der Waals surface area contributed by atoms with Crippen molar-refractivity contribution in [2.45, 2.75) is 31.7 Å². The Balaban J connectivity index is 1.98. The number of nitrogens with two attached hydrogens (primary N) is 1. The van der Waals surface area contributed by atoms with Crippen LogP contribution in [0.1, 0.15) is 24.0 Å². The molecule has 1 unspecified atom stereocenters. The standard InChI is InChI=1S/C14H17N/c1-2-3-8-14(15)13-9-11-6-4-5-7-12(11)10-13/h1,4-7,13-14H,3,8-10,15H2. The molecule has 0 fully saturated rings. The molecule has 0 saturated heterocycles. The van der Waals surface area contributed by atoms with Gasteiger partial charge in [0.2, 0.25) is 0 Å². The highest BCUT2D eigenvalue weighted by atomic mass is 14.7. The van der Waals surface area contributed by atoms with Crippen LogP contribution in [0.5, 0.6) is 0 Å². The molecule has 0 amide bonds. The lowest BCUT2D eigenvalue weighted by atomic mass is 9.94. The normalized spacial score (nSPS) is 17.1. The van der Waals surface area contributed by atoms with Gasteiger partial charge in [-0.2, -0.15) is 0 Å². The Morgan fingerprint density at radius 2 is 1.93 bits per heavy atom. The number of benzene rings is 1. The van der Waals surface area contributed by atoms with Crippen molar-refractivity contribution in [2.24, 2.45) is 11.7 Å². The second-order valence-corrected chi connectivity index (χ2v) is 4.34. The fraction of sp³-hybridized carbons (Fsp3) is 0.429. The molecule has 1 atom stereocenters. The molecule has 0 bridgehead atoms. The highest BCUT2D eigenvalue weighted by Gasteiger charge is 2.25. The molecule has 15 heavy (non-hydrogen) atoms. The molecule has 0 aliphatic heterocycles. The van der Waals surface area contributed by atoms with Gasteiger partial charge in [0.15, 0.2) is 0 Å². The summed E-state index contributed by atoms with van der Waals surface area (Å²) in [6.45, 7) is 0. The summed E-state index contributed by atoms with van der Waals surface area (Å²) in [6.07, 6.45) is 9.26. The van der Waals surface area contributed by atoms with Crippen LogP contribution in [0, 0.1) is 18.3 Å². The van der Waals surface area contributed by atoms with Crippen molar-refractivity contribution in [1.29, 1.82) is 0 Å². The van der Waals surface area contributed by atoms with E-state index in [0.717, 1.165) is 25.7 Å². The number of terminal acetylenes is 1. The molecular weight excluding hydrogens is 182 g/mol. The van der Waals surface area contributed by atoms with Gasteiger partial charge in [-0.25, -0.2) is 0 Å². The van der Waals surface area contributed by atoms with Crippen molar-refractivity contribution >= 4 is 0 Å². The van der Waals surface area contributed by atoms with Gasteiger partial charge >= 0.3 is 0 Å². The Labute approximate surface area is 91.7 Å². The first-order chi connectivity index (χ1) is 7.31. The second kappa shape index (κ2) is 4.51. The zero-order chi connectivity index (χ0) is 10.7. The third-order valence-corrected chi connectivity index (χ3v) is 3.31. The van der Waals surface area contributed by atoms with E-state index in [1.807, 2.05) is 0 Å². The maximum atomic E-state index is 6.15. The first-order valence-corrected chi connectivity index (χ1v) is 5.57. The van der Waals surface area contributed by atoms with Crippen molar-refractivity contribution in [2.75, 3.05) is 0 Å². The summed E-state index contributed by atoms with van der Waals surface area (Å²) < 4.78 is 0. The van der Waals surface area contributed by atoms with Crippen LogP contribution in [-0.4, -0.2) is 6.04 Å². The predicted octanol–water partition coefficient (Wildman–Crippen LogP) is 2.14. The zero-order valence-corrected chi connectivity index (χ0v) is 8.95. The monoisotopic (exact) mass is 199 g/mol.